The van der Waals surface area contributed by atoms with E-state index in [4.69, 9.17) is 4.42 Å². The van der Waals surface area contributed by atoms with Gasteiger partial charge in [0.15, 0.2) is 11.2 Å². The lowest BCUT2D eigenvalue weighted by Crippen LogP contribution is -2.35. The number of aromatic hydroxyl groups is 1. The van der Waals surface area contributed by atoms with Gasteiger partial charge in [0.2, 0.25) is 0 Å². The number of amides is 1. The van der Waals surface area contributed by atoms with E-state index in [1.807, 2.05) is 0 Å². The Morgan fingerprint density at radius 1 is 1.15 bits per heavy atom. The number of nitrogens with zero attached hydrogens (tertiary/aromatic N) is 1. The lowest BCUT2D eigenvalue weighted by atomic mass is 10.1. The number of hydrogen-bond acceptors (Lipinski definition) is 5. The van der Waals surface area contributed by atoms with E-state index in [1.165, 1.54) is 23.1 Å². The molecule has 6 heteroatoms. The monoisotopic (exact) mass is 353 g/mol. The molecule has 6 nitrogen and oxygen atoms in total. The number of benzene rings is 2. The maximum atomic E-state index is 12.7. The third kappa shape index (κ3) is 3.60. The van der Waals surface area contributed by atoms with Crippen molar-refractivity contribution in [3.05, 3.63) is 76.1 Å². The standard InChI is InChI=1S/C20H19NO5/c1-2-21(12-17(24)13-6-5-7-14(22)10-13)20(25)19-11-16(23)15-8-3-4-9-18(15)26-19/h3-11,17,22,24H,2,12H2,1H3. The molecule has 0 spiro atoms. The van der Waals surface area contributed by atoms with Crippen molar-refractivity contribution in [2.24, 2.45) is 0 Å². The molecule has 0 aliphatic carbocycles. The van der Waals surface area contributed by atoms with Crippen molar-refractivity contribution in [2.45, 2.75) is 13.0 Å². The van der Waals surface area contributed by atoms with Crippen molar-refractivity contribution >= 4 is 16.9 Å². The Labute approximate surface area is 149 Å². The average molecular weight is 353 g/mol. The lowest BCUT2D eigenvalue weighted by molar-refractivity contribution is 0.0606. The Bertz CT molecular complexity index is 995. The molecule has 3 rings (SSSR count). The molecule has 2 N–H and O–H groups in total. The quantitative estimate of drug-likeness (QED) is 0.736. The zero-order chi connectivity index (χ0) is 18.7. The van der Waals surface area contributed by atoms with Crippen molar-refractivity contribution < 1.29 is 19.4 Å². The van der Waals surface area contributed by atoms with Crippen LogP contribution in [0, 0.1) is 0 Å². The van der Waals surface area contributed by atoms with E-state index in [2.05, 4.69) is 0 Å². The van der Waals surface area contributed by atoms with Gasteiger partial charge >= 0.3 is 0 Å². The molecule has 0 bridgehead atoms. The van der Waals surface area contributed by atoms with Gasteiger partial charge in [-0.2, -0.15) is 0 Å². The average Bonchev–Trinajstić information content (AvgIpc) is 2.65. The molecule has 0 aliphatic rings. The molecule has 0 radical (unpaired) electrons. The Balaban J connectivity index is 1.86. The van der Waals surface area contributed by atoms with Crippen LogP contribution in [0.3, 0.4) is 0 Å². The highest BCUT2D eigenvalue weighted by molar-refractivity contribution is 5.93. The summed E-state index contributed by atoms with van der Waals surface area (Å²) in [7, 11) is 0. The Hall–Kier alpha value is -3.12. The number of aliphatic hydroxyl groups is 1. The van der Waals surface area contributed by atoms with Crippen molar-refractivity contribution in [3.8, 4) is 5.75 Å². The van der Waals surface area contributed by atoms with Crippen LogP contribution in [0.2, 0.25) is 0 Å². The van der Waals surface area contributed by atoms with Gasteiger partial charge in [-0.25, -0.2) is 0 Å². The minimum atomic E-state index is -0.974. The summed E-state index contributed by atoms with van der Waals surface area (Å²) in [6.07, 6.45) is -0.974. The van der Waals surface area contributed by atoms with Crippen LogP contribution < -0.4 is 5.43 Å². The number of phenolic OH excluding ortho intramolecular Hbond substituents is 1. The molecule has 1 heterocycles. The zero-order valence-corrected chi connectivity index (χ0v) is 14.3. The van der Waals surface area contributed by atoms with Gasteiger partial charge < -0.3 is 19.5 Å². The first-order chi connectivity index (χ1) is 12.5. The molecular weight excluding hydrogens is 334 g/mol. The van der Waals surface area contributed by atoms with Gasteiger partial charge in [-0.1, -0.05) is 24.3 Å². The molecule has 2 aromatic carbocycles. The number of rotatable bonds is 5. The molecule has 0 aliphatic heterocycles. The van der Waals surface area contributed by atoms with Gasteiger partial charge in [0.1, 0.15) is 11.3 Å². The van der Waals surface area contributed by atoms with Gasteiger partial charge in [-0.05, 0) is 36.8 Å². The number of likely N-dealkylation sites (N-methyl/N-ethyl adjacent to an activating group) is 1. The number of para-hydroxylation sites is 1. The third-order valence-corrected chi connectivity index (χ3v) is 4.16. The summed E-state index contributed by atoms with van der Waals surface area (Å²) in [6.45, 7) is 2.10. The predicted octanol–water partition coefficient (Wildman–Crippen LogP) is 2.69. The smallest absolute Gasteiger partial charge is 0.289 e. The van der Waals surface area contributed by atoms with Crippen LogP contribution in [0.1, 0.15) is 29.1 Å². The van der Waals surface area contributed by atoms with Crippen molar-refractivity contribution in [3.63, 3.8) is 0 Å². The molecule has 26 heavy (non-hydrogen) atoms. The first-order valence-electron chi connectivity index (χ1n) is 8.28. The Kier molecular flexibility index (Phi) is 5.04. The summed E-state index contributed by atoms with van der Waals surface area (Å²) in [5.41, 5.74) is 0.545. The summed E-state index contributed by atoms with van der Waals surface area (Å²) >= 11 is 0. The second-order valence-corrected chi connectivity index (χ2v) is 5.93. The number of fused-ring (bicyclic) bond motifs is 1. The maximum Gasteiger partial charge on any atom is 0.289 e. The fourth-order valence-corrected chi connectivity index (χ4v) is 2.77. The van der Waals surface area contributed by atoms with Gasteiger partial charge in [0.25, 0.3) is 5.91 Å². The van der Waals surface area contributed by atoms with E-state index in [-0.39, 0.29) is 23.5 Å². The van der Waals surface area contributed by atoms with Gasteiger partial charge in [0, 0.05) is 12.6 Å². The molecule has 0 fully saturated rings. The van der Waals surface area contributed by atoms with Crippen LogP contribution in [-0.4, -0.2) is 34.1 Å². The highest BCUT2D eigenvalue weighted by Crippen LogP contribution is 2.20. The van der Waals surface area contributed by atoms with Crippen LogP contribution in [0.15, 0.2) is 63.8 Å². The molecule has 0 saturated heterocycles. The van der Waals surface area contributed by atoms with Crippen LogP contribution in [0.25, 0.3) is 11.0 Å². The fraction of sp³-hybridized carbons (Fsp3) is 0.200. The largest absolute Gasteiger partial charge is 0.508 e. The number of hydrogen-bond donors (Lipinski definition) is 2. The normalized spacial score (nSPS) is 12.1. The predicted molar refractivity (Wildman–Crippen MR) is 97.1 cm³/mol. The molecule has 3 aromatic rings. The van der Waals surface area contributed by atoms with E-state index >= 15 is 0 Å². The number of phenols is 1. The molecular formula is C20H19NO5. The van der Waals surface area contributed by atoms with Crippen molar-refractivity contribution in [1.29, 1.82) is 0 Å². The molecule has 1 unspecified atom stereocenters. The SMILES string of the molecule is CCN(CC(O)c1cccc(O)c1)C(=O)c1cc(=O)c2ccccc2o1. The number of aliphatic hydroxyl groups excluding tert-OH is 1. The van der Waals surface area contributed by atoms with Gasteiger partial charge in [-0.15, -0.1) is 0 Å². The molecule has 1 aromatic heterocycles. The highest BCUT2D eigenvalue weighted by Gasteiger charge is 2.22. The van der Waals surface area contributed by atoms with E-state index in [0.717, 1.165) is 0 Å². The van der Waals surface area contributed by atoms with E-state index in [0.29, 0.717) is 23.1 Å². The van der Waals surface area contributed by atoms with Crippen LogP contribution >= 0.6 is 0 Å². The number of carbonyl (C=O) groups is 1. The van der Waals surface area contributed by atoms with Crippen molar-refractivity contribution in [1.82, 2.24) is 4.90 Å². The highest BCUT2D eigenvalue weighted by atomic mass is 16.3. The number of carbonyl (C=O) groups excluding carboxylic acids is 1. The Morgan fingerprint density at radius 3 is 2.65 bits per heavy atom. The van der Waals surface area contributed by atoms with Gasteiger partial charge in [-0.3, -0.25) is 9.59 Å². The lowest BCUT2D eigenvalue weighted by Gasteiger charge is -2.23. The minimum absolute atomic E-state index is 0.00925. The summed E-state index contributed by atoms with van der Waals surface area (Å²) in [5, 5.41) is 20.3. The first-order valence-corrected chi connectivity index (χ1v) is 8.28. The second-order valence-electron chi connectivity index (χ2n) is 5.93. The minimum Gasteiger partial charge on any atom is -0.508 e. The molecule has 134 valence electrons. The van der Waals surface area contributed by atoms with Crippen molar-refractivity contribution in [2.75, 3.05) is 13.1 Å². The molecule has 1 atom stereocenters. The van der Waals surface area contributed by atoms with Crippen LogP contribution in [0.5, 0.6) is 5.75 Å². The molecule has 0 saturated carbocycles. The maximum absolute atomic E-state index is 12.7. The zero-order valence-electron chi connectivity index (χ0n) is 14.3. The topological polar surface area (TPSA) is 91.0 Å². The summed E-state index contributed by atoms with van der Waals surface area (Å²) in [5.74, 6) is -0.510. The van der Waals surface area contributed by atoms with Crippen LogP contribution in [-0.2, 0) is 0 Å². The first kappa shape index (κ1) is 17.7. The summed E-state index contributed by atoms with van der Waals surface area (Å²) < 4.78 is 5.58. The molecule has 1 amide bonds. The summed E-state index contributed by atoms with van der Waals surface area (Å²) in [4.78, 5) is 26.3. The van der Waals surface area contributed by atoms with Gasteiger partial charge in [0.05, 0.1) is 18.0 Å². The summed E-state index contributed by atoms with van der Waals surface area (Å²) in [6, 6.07) is 14.1. The van der Waals surface area contributed by atoms with E-state index < -0.39 is 12.0 Å². The fourth-order valence-electron chi connectivity index (χ4n) is 2.77. The van der Waals surface area contributed by atoms with Crippen LogP contribution in [0.4, 0.5) is 0 Å². The second kappa shape index (κ2) is 7.41. The van der Waals surface area contributed by atoms with E-state index in [9.17, 15) is 19.8 Å². The Morgan fingerprint density at radius 2 is 1.92 bits per heavy atom. The van der Waals surface area contributed by atoms with E-state index in [1.54, 1.807) is 43.3 Å². The third-order valence-electron chi connectivity index (χ3n) is 4.16.